The van der Waals surface area contributed by atoms with Crippen LogP contribution in [0.4, 0.5) is 10.1 Å². The summed E-state index contributed by atoms with van der Waals surface area (Å²) in [6, 6.07) is 8.23. The average molecular weight is 484 g/mol. The van der Waals surface area contributed by atoms with Crippen molar-refractivity contribution in [2.45, 2.75) is 44.3 Å². The molecular formula is C24H22FN3O3S2. The molecule has 0 aliphatic heterocycles. The highest BCUT2D eigenvalue weighted by molar-refractivity contribution is 7.99. The molecule has 170 valence electrons. The normalized spacial score (nSPS) is 13.3. The van der Waals surface area contributed by atoms with Gasteiger partial charge in [-0.05, 0) is 68.0 Å². The van der Waals surface area contributed by atoms with Gasteiger partial charge in [-0.15, -0.1) is 11.3 Å². The summed E-state index contributed by atoms with van der Waals surface area (Å²) in [4.78, 5) is 32.8. The van der Waals surface area contributed by atoms with Gasteiger partial charge in [-0.3, -0.25) is 14.2 Å². The Morgan fingerprint density at radius 3 is 2.94 bits per heavy atom. The maximum atomic E-state index is 14.1. The van der Waals surface area contributed by atoms with Gasteiger partial charge in [0.15, 0.2) is 5.16 Å². The van der Waals surface area contributed by atoms with Crippen LogP contribution >= 0.6 is 23.1 Å². The van der Waals surface area contributed by atoms with Gasteiger partial charge < -0.3 is 9.73 Å². The maximum absolute atomic E-state index is 14.1. The van der Waals surface area contributed by atoms with Gasteiger partial charge >= 0.3 is 0 Å². The van der Waals surface area contributed by atoms with Crippen LogP contribution in [0.15, 0.2) is 51.0 Å². The molecule has 0 unspecified atom stereocenters. The fourth-order valence-corrected chi connectivity index (χ4v) is 6.17. The number of furan rings is 1. The Labute approximate surface area is 197 Å². The van der Waals surface area contributed by atoms with Gasteiger partial charge in [0.2, 0.25) is 5.91 Å². The van der Waals surface area contributed by atoms with Crippen molar-refractivity contribution in [3.63, 3.8) is 0 Å². The Morgan fingerprint density at radius 1 is 1.30 bits per heavy atom. The number of aryl methyl sites for hydroxylation is 3. The molecule has 0 saturated heterocycles. The number of thiophene rings is 1. The van der Waals surface area contributed by atoms with E-state index < -0.39 is 5.82 Å². The first kappa shape index (κ1) is 21.9. The summed E-state index contributed by atoms with van der Waals surface area (Å²) in [5, 5.41) is 3.74. The minimum atomic E-state index is -0.480. The Kier molecular flexibility index (Phi) is 6.07. The van der Waals surface area contributed by atoms with Crippen molar-refractivity contribution in [1.82, 2.24) is 9.55 Å². The summed E-state index contributed by atoms with van der Waals surface area (Å²) in [6.07, 6.45) is 5.63. The summed E-state index contributed by atoms with van der Waals surface area (Å²) in [7, 11) is 0. The van der Waals surface area contributed by atoms with Gasteiger partial charge in [-0.25, -0.2) is 9.37 Å². The number of fused-ring (bicyclic) bond motifs is 3. The van der Waals surface area contributed by atoms with E-state index >= 15 is 0 Å². The van der Waals surface area contributed by atoms with Crippen molar-refractivity contribution in [2.24, 2.45) is 0 Å². The van der Waals surface area contributed by atoms with Gasteiger partial charge in [0.1, 0.15) is 16.4 Å². The highest BCUT2D eigenvalue weighted by atomic mass is 32.2. The Hall–Kier alpha value is -2.91. The van der Waals surface area contributed by atoms with Crippen molar-refractivity contribution >= 4 is 44.9 Å². The van der Waals surface area contributed by atoms with E-state index in [1.165, 1.54) is 10.9 Å². The molecule has 1 N–H and O–H groups in total. The number of nitrogens with zero attached hydrogens (tertiary/aromatic N) is 2. The summed E-state index contributed by atoms with van der Waals surface area (Å²) in [6.45, 7) is 2.02. The lowest BCUT2D eigenvalue weighted by Gasteiger charge is -2.13. The van der Waals surface area contributed by atoms with Crippen LogP contribution in [0.3, 0.4) is 0 Å². The number of benzene rings is 1. The molecule has 33 heavy (non-hydrogen) atoms. The number of hydrogen-bond donors (Lipinski definition) is 1. The van der Waals surface area contributed by atoms with Gasteiger partial charge in [0, 0.05) is 4.88 Å². The predicted molar refractivity (Wildman–Crippen MR) is 129 cm³/mol. The smallest absolute Gasteiger partial charge is 0.263 e. The van der Waals surface area contributed by atoms with Gasteiger partial charge in [-0.2, -0.15) is 0 Å². The van der Waals surface area contributed by atoms with Crippen molar-refractivity contribution in [2.75, 3.05) is 11.1 Å². The molecule has 0 atom stereocenters. The standard InChI is InChI=1S/C24H22FN3O3S2/c1-14-8-9-18(17(25)11-14)26-20(29)13-32-24-27-22-21(16-6-2-3-7-19(16)33-22)23(30)28(24)12-15-5-4-10-31-15/h4-5,8-11H,2-3,6-7,12-13H2,1H3,(H,26,29). The van der Waals surface area contributed by atoms with Crippen LogP contribution < -0.4 is 10.9 Å². The molecule has 9 heteroatoms. The van der Waals surface area contributed by atoms with Crippen molar-refractivity contribution in [3.05, 3.63) is 74.5 Å². The third kappa shape index (κ3) is 4.47. The van der Waals surface area contributed by atoms with Crippen LogP contribution in [0, 0.1) is 12.7 Å². The zero-order chi connectivity index (χ0) is 22.9. The van der Waals surface area contributed by atoms with Gasteiger partial charge in [-0.1, -0.05) is 17.8 Å². The molecule has 1 aliphatic rings. The van der Waals surface area contributed by atoms with Crippen LogP contribution in [0.5, 0.6) is 0 Å². The first-order valence-corrected chi connectivity index (χ1v) is 12.6. The molecule has 1 amide bonds. The van der Waals surface area contributed by atoms with Crippen LogP contribution in [0.2, 0.25) is 0 Å². The molecular weight excluding hydrogens is 461 g/mol. The SMILES string of the molecule is Cc1ccc(NC(=O)CSc2nc3sc4c(c3c(=O)n2Cc2ccco2)CCCC4)c(F)c1. The fourth-order valence-electron chi connectivity index (χ4n) is 4.07. The highest BCUT2D eigenvalue weighted by Gasteiger charge is 2.23. The lowest BCUT2D eigenvalue weighted by molar-refractivity contribution is -0.113. The maximum Gasteiger partial charge on any atom is 0.263 e. The third-order valence-electron chi connectivity index (χ3n) is 5.66. The van der Waals surface area contributed by atoms with E-state index in [2.05, 4.69) is 5.32 Å². The number of nitrogens with one attached hydrogen (secondary N) is 1. The third-order valence-corrected chi connectivity index (χ3v) is 7.83. The largest absolute Gasteiger partial charge is 0.467 e. The number of rotatable bonds is 6. The molecule has 6 nitrogen and oxygen atoms in total. The number of aromatic nitrogens is 2. The highest BCUT2D eigenvalue weighted by Crippen LogP contribution is 2.35. The topological polar surface area (TPSA) is 77.1 Å². The molecule has 0 saturated carbocycles. The van der Waals surface area contributed by atoms with E-state index in [9.17, 15) is 14.0 Å². The number of anilines is 1. The molecule has 3 aromatic heterocycles. The lowest BCUT2D eigenvalue weighted by Crippen LogP contribution is -2.25. The number of carbonyl (C=O) groups is 1. The molecule has 4 aromatic rings. The van der Waals surface area contributed by atoms with Crippen LogP contribution in [0.25, 0.3) is 10.2 Å². The number of thioether (sulfide) groups is 1. The Morgan fingerprint density at radius 2 is 2.15 bits per heavy atom. The minimum absolute atomic E-state index is 0.00545. The van der Waals surface area contributed by atoms with Gasteiger partial charge in [0.05, 0.1) is 29.6 Å². The quantitative estimate of drug-likeness (QED) is 0.303. The zero-order valence-electron chi connectivity index (χ0n) is 18.0. The van der Waals surface area contributed by atoms with Crippen molar-refractivity contribution < 1.29 is 13.6 Å². The molecule has 1 aromatic carbocycles. The second-order valence-electron chi connectivity index (χ2n) is 8.08. The Bertz CT molecular complexity index is 1390. The van der Waals surface area contributed by atoms with Crippen molar-refractivity contribution in [3.8, 4) is 0 Å². The number of amides is 1. The molecule has 0 fully saturated rings. The zero-order valence-corrected chi connectivity index (χ0v) is 19.7. The number of halogens is 1. The average Bonchev–Trinajstić information content (AvgIpc) is 3.44. The molecule has 0 bridgehead atoms. The van der Waals surface area contributed by atoms with Crippen molar-refractivity contribution in [1.29, 1.82) is 0 Å². The molecule has 0 radical (unpaired) electrons. The molecule has 1 aliphatic carbocycles. The number of carbonyl (C=O) groups excluding carboxylic acids is 1. The van der Waals surface area contributed by atoms with E-state index in [1.807, 2.05) is 0 Å². The van der Waals surface area contributed by atoms with E-state index in [1.54, 1.807) is 53.4 Å². The summed E-state index contributed by atoms with van der Waals surface area (Å²) in [5.41, 5.74) is 1.92. The molecule has 3 heterocycles. The monoisotopic (exact) mass is 483 g/mol. The van der Waals surface area contributed by atoms with E-state index in [0.717, 1.165) is 53.4 Å². The van der Waals surface area contributed by atoms with E-state index in [4.69, 9.17) is 9.40 Å². The van der Waals surface area contributed by atoms with E-state index in [0.29, 0.717) is 16.3 Å². The first-order chi connectivity index (χ1) is 16.0. The summed E-state index contributed by atoms with van der Waals surface area (Å²) in [5.74, 6) is -0.219. The van der Waals surface area contributed by atoms with Crippen LogP contribution in [-0.4, -0.2) is 21.2 Å². The lowest BCUT2D eigenvalue weighted by atomic mass is 9.97. The fraction of sp³-hybridized carbons (Fsp3) is 0.292. The summed E-state index contributed by atoms with van der Waals surface area (Å²) < 4.78 is 21.1. The van der Waals surface area contributed by atoms with Gasteiger partial charge in [0.25, 0.3) is 5.56 Å². The second kappa shape index (κ2) is 9.15. The van der Waals surface area contributed by atoms with E-state index in [-0.39, 0.29) is 29.5 Å². The second-order valence-corrected chi connectivity index (χ2v) is 10.1. The first-order valence-electron chi connectivity index (χ1n) is 10.8. The molecule has 0 spiro atoms. The summed E-state index contributed by atoms with van der Waals surface area (Å²) >= 11 is 2.74. The minimum Gasteiger partial charge on any atom is -0.467 e. The van der Waals surface area contributed by atoms with Crippen LogP contribution in [-0.2, 0) is 24.2 Å². The number of hydrogen-bond acceptors (Lipinski definition) is 6. The Balaban J connectivity index is 1.45. The predicted octanol–water partition coefficient (Wildman–Crippen LogP) is 5.16. The van der Waals surface area contributed by atoms with Crippen LogP contribution in [0.1, 0.15) is 34.6 Å². The molecule has 5 rings (SSSR count).